The molecule has 2 atom stereocenters. The fourth-order valence-corrected chi connectivity index (χ4v) is 3.44. The van der Waals surface area contributed by atoms with Gasteiger partial charge in [-0.25, -0.2) is 0 Å². The Morgan fingerprint density at radius 1 is 1.53 bits per heavy atom. The summed E-state index contributed by atoms with van der Waals surface area (Å²) >= 11 is 1.98. The molecule has 1 N–H and O–H groups in total. The molecular formula is C15H19NS. The first-order valence-corrected chi connectivity index (χ1v) is 7.15. The van der Waals surface area contributed by atoms with Crippen molar-refractivity contribution in [3.05, 3.63) is 29.8 Å². The van der Waals surface area contributed by atoms with E-state index in [2.05, 4.69) is 42.4 Å². The molecule has 0 spiro atoms. The Morgan fingerprint density at radius 3 is 3.06 bits per heavy atom. The van der Waals surface area contributed by atoms with Gasteiger partial charge in [0, 0.05) is 16.7 Å². The highest BCUT2D eigenvalue weighted by Crippen LogP contribution is 2.36. The van der Waals surface area contributed by atoms with Crippen molar-refractivity contribution in [1.82, 2.24) is 5.32 Å². The Kier molecular flexibility index (Phi) is 4.53. The molecular weight excluding hydrogens is 226 g/mol. The highest BCUT2D eigenvalue weighted by Gasteiger charge is 2.21. The highest BCUT2D eigenvalue weighted by atomic mass is 32.2. The van der Waals surface area contributed by atoms with E-state index in [1.165, 1.54) is 10.5 Å². The molecule has 1 nitrogen and oxygen atoms in total. The monoisotopic (exact) mass is 245 g/mol. The Morgan fingerprint density at radius 2 is 2.35 bits per heavy atom. The molecule has 0 fully saturated rings. The molecule has 2 unspecified atom stereocenters. The highest BCUT2D eigenvalue weighted by molar-refractivity contribution is 8.00. The molecule has 2 rings (SSSR count). The van der Waals surface area contributed by atoms with Crippen LogP contribution >= 0.6 is 11.8 Å². The largest absolute Gasteiger partial charge is 0.303 e. The fourth-order valence-electron chi connectivity index (χ4n) is 2.17. The number of thioether (sulfide) groups is 1. The van der Waals surface area contributed by atoms with Crippen molar-refractivity contribution in [3.8, 4) is 12.3 Å². The lowest BCUT2D eigenvalue weighted by Gasteiger charge is -2.15. The van der Waals surface area contributed by atoms with E-state index in [0.29, 0.717) is 5.25 Å². The van der Waals surface area contributed by atoms with E-state index in [0.717, 1.165) is 25.8 Å². The lowest BCUT2D eigenvalue weighted by molar-refractivity contribution is 0.557. The van der Waals surface area contributed by atoms with Crippen LogP contribution in [0.25, 0.3) is 0 Å². The van der Waals surface area contributed by atoms with E-state index in [1.54, 1.807) is 0 Å². The van der Waals surface area contributed by atoms with Crippen molar-refractivity contribution in [3.63, 3.8) is 0 Å². The van der Waals surface area contributed by atoms with E-state index in [4.69, 9.17) is 6.42 Å². The molecule has 1 heterocycles. The van der Waals surface area contributed by atoms with Gasteiger partial charge in [-0.05, 0) is 24.5 Å². The topological polar surface area (TPSA) is 12.0 Å². The van der Waals surface area contributed by atoms with E-state index in [9.17, 15) is 0 Å². The van der Waals surface area contributed by atoms with Crippen molar-refractivity contribution in [2.24, 2.45) is 0 Å². The summed E-state index contributed by atoms with van der Waals surface area (Å²) in [6, 6.07) is 8.92. The van der Waals surface area contributed by atoms with E-state index < -0.39 is 0 Å². The van der Waals surface area contributed by atoms with Crippen LogP contribution in [0, 0.1) is 12.3 Å². The van der Waals surface area contributed by atoms with Gasteiger partial charge < -0.3 is 5.32 Å². The van der Waals surface area contributed by atoms with Crippen LogP contribution in [-0.4, -0.2) is 17.8 Å². The summed E-state index contributed by atoms with van der Waals surface area (Å²) in [5.41, 5.74) is 1.48. The summed E-state index contributed by atoms with van der Waals surface area (Å²) in [4.78, 5) is 1.44. The number of rotatable bonds is 5. The number of hydrogen-bond donors (Lipinski definition) is 1. The smallest absolute Gasteiger partial charge is 0.0687 e. The maximum absolute atomic E-state index is 5.51. The summed E-state index contributed by atoms with van der Waals surface area (Å²) in [7, 11) is 0. The number of nitrogens with one attached hydrogen (secondary N) is 1. The average molecular weight is 245 g/mol. The molecule has 0 aliphatic carbocycles. The predicted molar refractivity (Wildman–Crippen MR) is 75.3 cm³/mol. The standard InChI is InChI=1S/C15H19NS/c1-3-7-13(4-2)16-11-14-10-12-8-5-6-9-15(12)17-14/h2,5-6,8-9,13-14,16H,3,7,10-11H2,1H3. The van der Waals surface area contributed by atoms with Crippen LogP contribution in [0.2, 0.25) is 0 Å². The van der Waals surface area contributed by atoms with Crippen LogP contribution in [-0.2, 0) is 6.42 Å². The number of hydrogen-bond acceptors (Lipinski definition) is 2. The molecule has 17 heavy (non-hydrogen) atoms. The normalized spacial score (nSPS) is 19.6. The van der Waals surface area contributed by atoms with Crippen molar-refractivity contribution >= 4 is 11.8 Å². The molecule has 90 valence electrons. The zero-order valence-corrected chi connectivity index (χ0v) is 11.1. The maximum atomic E-state index is 5.51. The van der Waals surface area contributed by atoms with Gasteiger partial charge >= 0.3 is 0 Å². The second-order valence-electron chi connectivity index (χ2n) is 4.47. The number of fused-ring (bicyclic) bond motifs is 1. The van der Waals surface area contributed by atoms with E-state index in [1.807, 2.05) is 11.8 Å². The molecule has 1 aromatic rings. The molecule has 1 aliphatic heterocycles. The molecule has 0 amide bonds. The minimum Gasteiger partial charge on any atom is -0.303 e. The van der Waals surface area contributed by atoms with E-state index >= 15 is 0 Å². The summed E-state index contributed by atoms with van der Waals surface area (Å²) in [6.07, 6.45) is 8.88. The molecule has 1 aromatic carbocycles. The average Bonchev–Trinajstić information content (AvgIpc) is 2.77. The van der Waals surface area contributed by atoms with Gasteiger partial charge in [0.1, 0.15) is 0 Å². The van der Waals surface area contributed by atoms with Gasteiger partial charge in [-0.3, -0.25) is 0 Å². The predicted octanol–water partition coefficient (Wildman–Crippen LogP) is 3.09. The van der Waals surface area contributed by atoms with Gasteiger partial charge in [-0.1, -0.05) is 37.5 Å². The molecule has 0 aromatic heterocycles. The van der Waals surface area contributed by atoms with Gasteiger partial charge in [0.05, 0.1) is 6.04 Å². The maximum Gasteiger partial charge on any atom is 0.0687 e. The SMILES string of the molecule is C#CC(CCC)NCC1Cc2ccccc2S1. The molecule has 0 radical (unpaired) electrons. The Bertz CT molecular complexity index is 383. The lowest BCUT2D eigenvalue weighted by Crippen LogP contribution is -2.33. The summed E-state index contributed by atoms with van der Waals surface area (Å²) < 4.78 is 0. The van der Waals surface area contributed by atoms with Crippen molar-refractivity contribution in [2.45, 2.75) is 42.4 Å². The summed E-state index contributed by atoms with van der Waals surface area (Å²) in [5.74, 6) is 2.83. The van der Waals surface area contributed by atoms with Crippen LogP contribution in [0.1, 0.15) is 25.3 Å². The van der Waals surface area contributed by atoms with Gasteiger partial charge in [-0.2, -0.15) is 0 Å². The van der Waals surface area contributed by atoms with Crippen LogP contribution in [0.15, 0.2) is 29.2 Å². The quantitative estimate of drug-likeness (QED) is 0.800. The third-order valence-corrected chi connectivity index (χ3v) is 4.40. The lowest BCUT2D eigenvalue weighted by atomic mass is 10.1. The van der Waals surface area contributed by atoms with Gasteiger partial charge in [0.2, 0.25) is 0 Å². The molecule has 0 bridgehead atoms. The second-order valence-corrected chi connectivity index (χ2v) is 5.81. The molecule has 2 heteroatoms. The molecule has 0 saturated carbocycles. The Hall–Kier alpha value is -0.910. The van der Waals surface area contributed by atoms with Gasteiger partial charge in [0.25, 0.3) is 0 Å². The number of benzene rings is 1. The third-order valence-electron chi connectivity index (χ3n) is 3.08. The van der Waals surface area contributed by atoms with Gasteiger partial charge in [0.15, 0.2) is 0 Å². The van der Waals surface area contributed by atoms with E-state index in [-0.39, 0.29) is 6.04 Å². The Balaban J connectivity index is 1.82. The number of terminal acetylenes is 1. The minimum atomic E-state index is 0.240. The van der Waals surface area contributed by atoms with Crippen molar-refractivity contribution in [1.29, 1.82) is 0 Å². The second kappa shape index (κ2) is 6.14. The Labute approximate surface area is 108 Å². The summed E-state index contributed by atoms with van der Waals surface area (Å²) in [5, 5.41) is 4.13. The van der Waals surface area contributed by atoms with Crippen LogP contribution in [0.5, 0.6) is 0 Å². The fraction of sp³-hybridized carbons (Fsp3) is 0.467. The third kappa shape index (κ3) is 3.28. The first kappa shape index (κ1) is 12.5. The summed E-state index contributed by atoms with van der Waals surface area (Å²) in [6.45, 7) is 3.18. The van der Waals surface area contributed by atoms with Crippen LogP contribution in [0.3, 0.4) is 0 Å². The molecule has 0 saturated heterocycles. The van der Waals surface area contributed by atoms with Crippen LogP contribution < -0.4 is 5.32 Å². The zero-order chi connectivity index (χ0) is 12.1. The first-order chi connectivity index (χ1) is 8.33. The van der Waals surface area contributed by atoms with Crippen molar-refractivity contribution < 1.29 is 0 Å². The van der Waals surface area contributed by atoms with Crippen molar-refractivity contribution in [2.75, 3.05) is 6.54 Å². The van der Waals surface area contributed by atoms with Crippen LogP contribution in [0.4, 0.5) is 0 Å². The minimum absolute atomic E-state index is 0.240. The first-order valence-electron chi connectivity index (χ1n) is 6.27. The molecule has 1 aliphatic rings. The van der Waals surface area contributed by atoms with Gasteiger partial charge in [-0.15, -0.1) is 18.2 Å². The zero-order valence-electron chi connectivity index (χ0n) is 10.3.